The number of sulfonamides is 1. The summed E-state index contributed by atoms with van der Waals surface area (Å²) in [6, 6.07) is 8.55. The first-order valence-electron chi connectivity index (χ1n) is 9.72. The molecule has 8 nitrogen and oxygen atoms in total. The fourth-order valence-electron chi connectivity index (χ4n) is 3.65. The minimum Gasteiger partial charge on any atom is -0.354 e. The molecule has 0 atom stereocenters. The zero-order valence-corrected chi connectivity index (χ0v) is 17.2. The number of likely N-dealkylation sites (N-methyl/N-ethyl adjacent to an activating group) is 1. The standard InChI is InChI=1S/C20H25N5O3S/c1-24-9-11-25(12-10-24)20-16(3-2-8-21-20)14-22-29(27,28)17-5-6-18-15(13-17)4-7-19(26)23-18/h2-3,5-6,8,13,22H,4,7,9-12,14H2,1H3,(H,23,26). The Balaban J connectivity index is 1.50. The summed E-state index contributed by atoms with van der Waals surface area (Å²) in [7, 11) is -1.59. The largest absolute Gasteiger partial charge is 0.354 e. The van der Waals surface area contributed by atoms with Crippen molar-refractivity contribution in [3.05, 3.63) is 47.7 Å². The molecule has 0 spiro atoms. The van der Waals surface area contributed by atoms with Gasteiger partial charge in [0.2, 0.25) is 15.9 Å². The summed E-state index contributed by atoms with van der Waals surface area (Å²) >= 11 is 0. The molecule has 2 aliphatic heterocycles. The Morgan fingerprint density at radius 2 is 1.93 bits per heavy atom. The minimum absolute atomic E-state index is 0.0424. The summed E-state index contributed by atoms with van der Waals surface area (Å²) in [5.74, 6) is 0.788. The Labute approximate surface area is 171 Å². The lowest BCUT2D eigenvalue weighted by Gasteiger charge is -2.34. The van der Waals surface area contributed by atoms with Crippen LogP contribution in [-0.2, 0) is 27.8 Å². The van der Waals surface area contributed by atoms with Gasteiger partial charge >= 0.3 is 0 Å². The zero-order valence-electron chi connectivity index (χ0n) is 16.4. The number of benzene rings is 1. The van der Waals surface area contributed by atoms with Gasteiger partial charge < -0.3 is 15.1 Å². The van der Waals surface area contributed by atoms with Crippen molar-refractivity contribution in [2.24, 2.45) is 0 Å². The maximum atomic E-state index is 12.8. The zero-order chi connectivity index (χ0) is 20.4. The van der Waals surface area contributed by atoms with E-state index in [1.165, 1.54) is 6.07 Å². The number of amides is 1. The molecule has 0 radical (unpaired) electrons. The quantitative estimate of drug-likeness (QED) is 0.762. The van der Waals surface area contributed by atoms with Crippen molar-refractivity contribution in [3.63, 3.8) is 0 Å². The van der Waals surface area contributed by atoms with Crippen LogP contribution in [0.1, 0.15) is 17.5 Å². The van der Waals surface area contributed by atoms with E-state index in [1.807, 2.05) is 12.1 Å². The third-order valence-corrected chi connectivity index (χ3v) is 6.80. The van der Waals surface area contributed by atoms with E-state index in [2.05, 4.69) is 31.9 Å². The Morgan fingerprint density at radius 1 is 1.14 bits per heavy atom. The molecule has 2 N–H and O–H groups in total. The predicted molar refractivity (Wildman–Crippen MR) is 111 cm³/mol. The van der Waals surface area contributed by atoms with Crippen molar-refractivity contribution < 1.29 is 13.2 Å². The average molecular weight is 416 g/mol. The Hall–Kier alpha value is -2.49. The van der Waals surface area contributed by atoms with Gasteiger partial charge in [0.25, 0.3) is 0 Å². The highest BCUT2D eigenvalue weighted by molar-refractivity contribution is 7.89. The van der Waals surface area contributed by atoms with E-state index in [4.69, 9.17) is 0 Å². The van der Waals surface area contributed by atoms with E-state index in [0.29, 0.717) is 18.5 Å². The summed E-state index contributed by atoms with van der Waals surface area (Å²) in [4.78, 5) is 20.7. The summed E-state index contributed by atoms with van der Waals surface area (Å²) in [6.07, 6.45) is 2.65. The van der Waals surface area contributed by atoms with Crippen LogP contribution in [0.25, 0.3) is 0 Å². The number of hydrogen-bond acceptors (Lipinski definition) is 6. The molecule has 1 saturated heterocycles. The molecule has 3 heterocycles. The molecule has 1 aromatic heterocycles. The van der Waals surface area contributed by atoms with E-state index < -0.39 is 10.0 Å². The van der Waals surface area contributed by atoms with Gasteiger partial charge in [-0.15, -0.1) is 0 Å². The first kappa shape index (κ1) is 19.8. The van der Waals surface area contributed by atoms with Crippen LogP contribution in [-0.4, -0.2) is 57.4 Å². The fourth-order valence-corrected chi connectivity index (χ4v) is 4.71. The number of nitrogens with zero attached hydrogens (tertiary/aromatic N) is 3. The van der Waals surface area contributed by atoms with Crippen molar-refractivity contribution in [2.75, 3.05) is 43.4 Å². The van der Waals surface area contributed by atoms with Gasteiger partial charge in [0.15, 0.2) is 0 Å². The predicted octanol–water partition coefficient (Wildman–Crippen LogP) is 1.20. The van der Waals surface area contributed by atoms with Gasteiger partial charge in [0.05, 0.1) is 4.90 Å². The van der Waals surface area contributed by atoms with Gasteiger partial charge in [-0.3, -0.25) is 4.79 Å². The van der Waals surface area contributed by atoms with Crippen LogP contribution in [0.5, 0.6) is 0 Å². The van der Waals surface area contributed by atoms with E-state index in [9.17, 15) is 13.2 Å². The van der Waals surface area contributed by atoms with Gasteiger partial charge in [0, 0.05) is 56.6 Å². The number of carbonyl (C=O) groups is 1. The molecule has 9 heteroatoms. The van der Waals surface area contributed by atoms with E-state index in [0.717, 1.165) is 43.1 Å². The third kappa shape index (κ3) is 4.42. The molecule has 4 rings (SSSR count). The minimum atomic E-state index is -3.68. The van der Waals surface area contributed by atoms with Crippen molar-refractivity contribution in [1.29, 1.82) is 0 Å². The van der Waals surface area contributed by atoms with Crippen LogP contribution in [0.3, 0.4) is 0 Å². The van der Waals surface area contributed by atoms with Crippen LogP contribution in [0, 0.1) is 0 Å². The van der Waals surface area contributed by atoms with Crippen LogP contribution in [0.2, 0.25) is 0 Å². The molecular formula is C20H25N5O3S. The molecule has 0 saturated carbocycles. The first-order valence-corrected chi connectivity index (χ1v) is 11.2. The van der Waals surface area contributed by atoms with Crippen molar-refractivity contribution in [3.8, 4) is 0 Å². The molecule has 1 aromatic carbocycles. The van der Waals surface area contributed by atoms with Crippen molar-refractivity contribution in [2.45, 2.75) is 24.3 Å². The molecule has 1 fully saturated rings. The van der Waals surface area contributed by atoms with Crippen LogP contribution >= 0.6 is 0 Å². The number of nitrogens with one attached hydrogen (secondary N) is 2. The number of rotatable bonds is 5. The lowest BCUT2D eigenvalue weighted by atomic mass is 10.0. The molecule has 2 aliphatic rings. The summed E-state index contributed by atoms with van der Waals surface area (Å²) < 4.78 is 28.4. The second-order valence-electron chi connectivity index (χ2n) is 7.47. The third-order valence-electron chi connectivity index (χ3n) is 5.41. The highest BCUT2D eigenvalue weighted by atomic mass is 32.2. The van der Waals surface area contributed by atoms with Gasteiger partial charge in [-0.2, -0.15) is 0 Å². The van der Waals surface area contributed by atoms with Gasteiger partial charge in [-0.1, -0.05) is 6.07 Å². The lowest BCUT2D eigenvalue weighted by molar-refractivity contribution is -0.116. The summed E-state index contributed by atoms with van der Waals surface area (Å²) in [6.45, 7) is 3.81. The fraction of sp³-hybridized carbons (Fsp3) is 0.400. The van der Waals surface area contributed by atoms with Crippen LogP contribution < -0.4 is 14.9 Å². The first-order chi connectivity index (χ1) is 13.9. The maximum absolute atomic E-state index is 12.8. The molecule has 29 heavy (non-hydrogen) atoms. The highest BCUT2D eigenvalue weighted by Crippen LogP contribution is 2.26. The number of carbonyl (C=O) groups excluding carboxylic acids is 1. The number of anilines is 2. The van der Waals surface area contributed by atoms with Gasteiger partial charge in [0.1, 0.15) is 5.82 Å². The van der Waals surface area contributed by atoms with Crippen LogP contribution in [0.15, 0.2) is 41.4 Å². The van der Waals surface area contributed by atoms with E-state index >= 15 is 0 Å². The van der Waals surface area contributed by atoms with Gasteiger partial charge in [-0.05, 0) is 43.3 Å². The van der Waals surface area contributed by atoms with Crippen LogP contribution in [0.4, 0.5) is 11.5 Å². The Morgan fingerprint density at radius 3 is 2.72 bits per heavy atom. The molecule has 0 bridgehead atoms. The topological polar surface area (TPSA) is 94.6 Å². The average Bonchev–Trinajstić information content (AvgIpc) is 2.73. The summed E-state index contributed by atoms with van der Waals surface area (Å²) in [5, 5.41) is 2.77. The van der Waals surface area contributed by atoms with Gasteiger partial charge in [-0.25, -0.2) is 18.1 Å². The number of aromatic nitrogens is 1. The van der Waals surface area contributed by atoms with E-state index in [-0.39, 0.29) is 17.3 Å². The Bertz CT molecular complexity index is 1020. The molecule has 154 valence electrons. The number of pyridine rings is 1. The SMILES string of the molecule is CN1CCN(c2ncccc2CNS(=O)(=O)c2ccc3c(c2)CCC(=O)N3)CC1. The second-order valence-corrected chi connectivity index (χ2v) is 9.24. The van der Waals surface area contributed by atoms with Crippen molar-refractivity contribution in [1.82, 2.24) is 14.6 Å². The number of fused-ring (bicyclic) bond motifs is 1. The molecular weight excluding hydrogens is 390 g/mol. The number of piperazine rings is 1. The van der Waals surface area contributed by atoms with Crippen molar-refractivity contribution >= 4 is 27.4 Å². The molecule has 2 aromatic rings. The molecule has 1 amide bonds. The normalized spacial score (nSPS) is 17.7. The summed E-state index contributed by atoms with van der Waals surface area (Å²) in [5.41, 5.74) is 2.38. The molecule has 0 aliphatic carbocycles. The smallest absolute Gasteiger partial charge is 0.240 e. The highest BCUT2D eigenvalue weighted by Gasteiger charge is 2.22. The second kappa shape index (κ2) is 8.10. The van der Waals surface area contributed by atoms with E-state index in [1.54, 1.807) is 18.3 Å². The Kier molecular flexibility index (Phi) is 5.53. The monoisotopic (exact) mass is 415 g/mol. The number of aryl methyl sites for hydroxylation is 1. The number of hydrogen-bond donors (Lipinski definition) is 2. The molecule has 0 unspecified atom stereocenters. The lowest BCUT2D eigenvalue weighted by Crippen LogP contribution is -2.45. The maximum Gasteiger partial charge on any atom is 0.240 e.